The van der Waals surface area contributed by atoms with E-state index in [4.69, 9.17) is 9.84 Å². The van der Waals surface area contributed by atoms with Crippen LogP contribution in [0.25, 0.3) is 6.08 Å². The van der Waals surface area contributed by atoms with E-state index in [0.717, 1.165) is 11.8 Å². The van der Waals surface area contributed by atoms with Crippen molar-refractivity contribution in [2.75, 3.05) is 6.61 Å². The molecule has 0 spiro atoms. The van der Waals surface area contributed by atoms with Gasteiger partial charge in [-0.15, -0.1) is 0 Å². The van der Waals surface area contributed by atoms with E-state index in [-0.39, 0.29) is 5.82 Å². The maximum Gasteiger partial charge on any atom is 0.328 e. The molecule has 0 bridgehead atoms. The lowest BCUT2D eigenvalue weighted by atomic mass is 10.3. The van der Waals surface area contributed by atoms with Crippen LogP contribution in [0.4, 0.5) is 4.39 Å². The molecule has 2 rings (SSSR count). The molecular formula is C15H14FNO3. The molecule has 0 aliphatic carbocycles. The molecule has 0 atom stereocenters. The molecule has 1 aromatic heterocycles. The molecule has 2 aromatic rings. The van der Waals surface area contributed by atoms with E-state index < -0.39 is 5.97 Å². The molecule has 4 nitrogen and oxygen atoms in total. The summed E-state index contributed by atoms with van der Waals surface area (Å²) in [5, 5.41) is 8.60. The minimum Gasteiger partial charge on any atom is -0.492 e. The molecule has 0 aliphatic heterocycles. The van der Waals surface area contributed by atoms with E-state index in [1.165, 1.54) is 18.2 Å². The van der Waals surface area contributed by atoms with Gasteiger partial charge < -0.3 is 14.4 Å². The molecule has 5 heteroatoms. The van der Waals surface area contributed by atoms with Gasteiger partial charge in [-0.25, -0.2) is 9.18 Å². The second kappa shape index (κ2) is 6.56. The summed E-state index contributed by atoms with van der Waals surface area (Å²) in [4.78, 5) is 10.5. The van der Waals surface area contributed by atoms with E-state index in [1.54, 1.807) is 12.1 Å². The summed E-state index contributed by atoms with van der Waals surface area (Å²) in [7, 11) is 0. The number of ether oxygens (including phenoxy) is 1. The molecule has 1 aromatic carbocycles. The number of carbonyl (C=O) groups is 1. The number of hydrogen-bond acceptors (Lipinski definition) is 2. The first-order valence-electron chi connectivity index (χ1n) is 6.09. The van der Waals surface area contributed by atoms with Gasteiger partial charge in [0.2, 0.25) is 0 Å². The third-order valence-electron chi connectivity index (χ3n) is 2.66. The first-order valence-corrected chi connectivity index (χ1v) is 6.09. The minimum absolute atomic E-state index is 0.339. The number of halogens is 1. The van der Waals surface area contributed by atoms with Crippen LogP contribution in [0.2, 0.25) is 0 Å². The van der Waals surface area contributed by atoms with Crippen LogP contribution in [-0.4, -0.2) is 22.2 Å². The van der Waals surface area contributed by atoms with Crippen molar-refractivity contribution in [1.29, 1.82) is 0 Å². The zero-order chi connectivity index (χ0) is 14.4. The fraction of sp³-hybridized carbons (Fsp3) is 0.133. The van der Waals surface area contributed by atoms with E-state index in [9.17, 15) is 9.18 Å². The predicted octanol–water partition coefficient (Wildman–Crippen LogP) is 2.80. The van der Waals surface area contributed by atoms with Crippen molar-refractivity contribution in [2.45, 2.75) is 6.54 Å². The zero-order valence-electron chi connectivity index (χ0n) is 10.7. The molecule has 1 heterocycles. The maximum absolute atomic E-state index is 13.0. The lowest BCUT2D eigenvalue weighted by molar-refractivity contribution is -0.131. The Morgan fingerprint density at radius 2 is 2.20 bits per heavy atom. The second-order valence-electron chi connectivity index (χ2n) is 4.10. The van der Waals surface area contributed by atoms with Gasteiger partial charge in [0, 0.05) is 24.0 Å². The lowest BCUT2D eigenvalue weighted by Crippen LogP contribution is -2.08. The summed E-state index contributed by atoms with van der Waals surface area (Å²) >= 11 is 0. The number of carboxylic acids is 1. The average molecular weight is 275 g/mol. The number of carboxylic acid groups (broad SMARTS) is 1. The smallest absolute Gasteiger partial charge is 0.328 e. The Balaban J connectivity index is 1.91. The highest BCUT2D eigenvalue weighted by atomic mass is 19.1. The molecule has 0 amide bonds. The highest BCUT2D eigenvalue weighted by Crippen LogP contribution is 2.12. The maximum atomic E-state index is 13.0. The van der Waals surface area contributed by atoms with Crippen LogP contribution < -0.4 is 4.74 Å². The normalized spacial score (nSPS) is 10.8. The summed E-state index contributed by atoms with van der Waals surface area (Å²) in [6, 6.07) is 9.57. The van der Waals surface area contributed by atoms with Gasteiger partial charge in [0.25, 0.3) is 0 Å². The third-order valence-corrected chi connectivity index (χ3v) is 2.66. The van der Waals surface area contributed by atoms with Gasteiger partial charge in [0.15, 0.2) is 0 Å². The summed E-state index contributed by atoms with van der Waals surface area (Å²) < 4.78 is 20.3. The Kier molecular flexibility index (Phi) is 4.55. The van der Waals surface area contributed by atoms with Crippen LogP contribution in [0.15, 0.2) is 48.7 Å². The number of aliphatic carboxylic acids is 1. The first-order chi connectivity index (χ1) is 9.65. The average Bonchev–Trinajstić information content (AvgIpc) is 2.84. The largest absolute Gasteiger partial charge is 0.492 e. The van der Waals surface area contributed by atoms with Gasteiger partial charge >= 0.3 is 5.97 Å². The van der Waals surface area contributed by atoms with E-state index in [0.29, 0.717) is 18.9 Å². The summed E-state index contributed by atoms with van der Waals surface area (Å²) in [5.74, 6) is -0.859. The molecule has 20 heavy (non-hydrogen) atoms. The number of benzene rings is 1. The van der Waals surface area contributed by atoms with Gasteiger partial charge in [-0.1, -0.05) is 6.07 Å². The predicted molar refractivity (Wildman–Crippen MR) is 73.0 cm³/mol. The van der Waals surface area contributed by atoms with Crippen LogP contribution in [-0.2, 0) is 11.3 Å². The van der Waals surface area contributed by atoms with E-state index in [2.05, 4.69) is 0 Å². The van der Waals surface area contributed by atoms with Gasteiger partial charge in [-0.3, -0.25) is 0 Å². The van der Waals surface area contributed by atoms with Crippen molar-refractivity contribution < 1.29 is 19.0 Å². The quantitative estimate of drug-likeness (QED) is 0.825. The molecule has 0 radical (unpaired) electrons. The van der Waals surface area contributed by atoms with Gasteiger partial charge in [-0.05, 0) is 30.3 Å². The van der Waals surface area contributed by atoms with Crippen molar-refractivity contribution in [3.63, 3.8) is 0 Å². The molecule has 0 saturated heterocycles. The zero-order valence-corrected chi connectivity index (χ0v) is 10.7. The molecule has 0 aliphatic rings. The molecule has 1 N–H and O–H groups in total. The highest BCUT2D eigenvalue weighted by Gasteiger charge is 2.00. The second-order valence-corrected chi connectivity index (χ2v) is 4.10. The fourth-order valence-corrected chi connectivity index (χ4v) is 1.76. The SMILES string of the molecule is O=C(O)/C=C/c1cccn1CCOc1cccc(F)c1. The van der Waals surface area contributed by atoms with Gasteiger partial charge in [-0.2, -0.15) is 0 Å². The van der Waals surface area contributed by atoms with Crippen molar-refractivity contribution in [1.82, 2.24) is 4.57 Å². The van der Waals surface area contributed by atoms with Crippen LogP contribution in [0, 0.1) is 5.82 Å². The van der Waals surface area contributed by atoms with Crippen LogP contribution in [0.1, 0.15) is 5.69 Å². The van der Waals surface area contributed by atoms with E-state index >= 15 is 0 Å². The molecule has 104 valence electrons. The molecule has 0 fully saturated rings. The van der Waals surface area contributed by atoms with Gasteiger partial charge in [0.05, 0.1) is 6.54 Å². The van der Waals surface area contributed by atoms with E-state index in [1.807, 2.05) is 22.9 Å². The van der Waals surface area contributed by atoms with Crippen molar-refractivity contribution in [3.05, 3.63) is 60.2 Å². The van der Waals surface area contributed by atoms with Crippen LogP contribution in [0.5, 0.6) is 5.75 Å². The Bertz CT molecular complexity index is 619. The Hall–Kier alpha value is -2.56. The molecule has 0 unspecified atom stereocenters. The third kappa shape index (κ3) is 3.98. The number of rotatable bonds is 6. The Labute approximate surface area is 115 Å². The topological polar surface area (TPSA) is 51.5 Å². The summed E-state index contributed by atoms with van der Waals surface area (Å²) in [6.45, 7) is 0.912. The van der Waals surface area contributed by atoms with Crippen molar-refractivity contribution in [2.24, 2.45) is 0 Å². The van der Waals surface area contributed by atoms with Crippen molar-refractivity contribution in [3.8, 4) is 5.75 Å². The standard InChI is InChI=1S/C15H14FNO3/c16-12-3-1-5-14(11-12)20-10-9-17-8-2-4-13(17)6-7-15(18)19/h1-8,11H,9-10H2,(H,18,19)/b7-6+. The fourth-order valence-electron chi connectivity index (χ4n) is 1.76. The molecule has 0 saturated carbocycles. The van der Waals surface area contributed by atoms with Crippen LogP contribution in [0.3, 0.4) is 0 Å². The number of aromatic nitrogens is 1. The number of hydrogen-bond donors (Lipinski definition) is 1. The highest BCUT2D eigenvalue weighted by molar-refractivity contribution is 5.84. The summed E-state index contributed by atoms with van der Waals surface area (Å²) in [6.07, 6.45) is 4.43. The first kappa shape index (κ1) is 13.9. The summed E-state index contributed by atoms with van der Waals surface area (Å²) in [5.41, 5.74) is 0.773. The number of nitrogens with zero attached hydrogens (tertiary/aromatic N) is 1. The van der Waals surface area contributed by atoms with Crippen molar-refractivity contribution >= 4 is 12.0 Å². The Morgan fingerprint density at radius 1 is 1.35 bits per heavy atom. The van der Waals surface area contributed by atoms with Gasteiger partial charge in [0.1, 0.15) is 18.2 Å². The minimum atomic E-state index is -0.992. The van der Waals surface area contributed by atoms with Crippen LogP contribution >= 0.6 is 0 Å². The molecular weight excluding hydrogens is 261 g/mol. The lowest BCUT2D eigenvalue weighted by Gasteiger charge is -2.09. The monoisotopic (exact) mass is 275 g/mol. The Morgan fingerprint density at radius 3 is 2.95 bits per heavy atom.